The Labute approximate surface area is 197 Å². The Morgan fingerprint density at radius 2 is 1.74 bits per heavy atom. The third kappa shape index (κ3) is 5.71. The topological polar surface area (TPSA) is 90.0 Å². The quantitative estimate of drug-likeness (QED) is 0.687. The van der Waals surface area contributed by atoms with E-state index in [-0.39, 0.29) is 23.3 Å². The Balaban J connectivity index is 0.000000406. The molecule has 7 nitrogen and oxygen atoms in total. The third-order valence-corrected chi connectivity index (χ3v) is 7.13. The molecule has 0 aromatic heterocycles. The lowest BCUT2D eigenvalue weighted by molar-refractivity contribution is -0.192. The van der Waals surface area contributed by atoms with Gasteiger partial charge < -0.3 is 20.2 Å². The number of unbranched alkanes of at least 4 members (excludes halogenated alkanes) is 1. The van der Waals surface area contributed by atoms with Crippen LogP contribution in [-0.2, 0) is 9.59 Å². The van der Waals surface area contributed by atoms with Crippen LogP contribution < -0.4 is 5.32 Å². The summed E-state index contributed by atoms with van der Waals surface area (Å²) in [6.45, 7) is 8.73. The number of benzene rings is 1. The minimum atomic E-state index is -5.08. The van der Waals surface area contributed by atoms with E-state index in [0.717, 1.165) is 56.7 Å². The molecular formula is C24H32F3N3O4. The second-order valence-corrected chi connectivity index (χ2v) is 9.43. The number of aliphatic carboxylic acids is 1. The van der Waals surface area contributed by atoms with Crippen LogP contribution >= 0.6 is 0 Å². The van der Waals surface area contributed by atoms with Gasteiger partial charge in [-0.15, -0.1) is 0 Å². The Bertz CT molecular complexity index is 896. The van der Waals surface area contributed by atoms with Gasteiger partial charge in [0.2, 0.25) is 5.91 Å². The average molecular weight is 484 g/mol. The number of piperidine rings is 1. The fourth-order valence-electron chi connectivity index (χ4n) is 5.19. The number of nitrogens with one attached hydrogen (secondary N) is 1. The molecule has 2 atom stereocenters. The minimum absolute atomic E-state index is 0.104. The molecule has 3 aliphatic heterocycles. The van der Waals surface area contributed by atoms with E-state index in [1.165, 1.54) is 12.8 Å². The van der Waals surface area contributed by atoms with Crippen molar-refractivity contribution >= 4 is 17.8 Å². The SMILES string of the molecule is CCCCN1C[C@H]2C(=O)NC3(CCN(C(=O)c4ccc(C)cc4)CC3)[C@H]2C1.O=C(O)C(F)(F)F. The Hall–Kier alpha value is -2.62. The first-order valence-corrected chi connectivity index (χ1v) is 11.7. The van der Waals surface area contributed by atoms with E-state index in [1.54, 1.807) is 0 Å². The van der Waals surface area contributed by atoms with Crippen molar-refractivity contribution in [3.8, 4) is 0 Å². The predicted octanol–water partition coefficient (Wildman–Crippen LogP) is 3.08. The van der Waals surface area contributed by atoms with Gasteiger partial charge in [-0.25, -0.2) is 4.79 Å². The zero-order chi connectivity index (χ0) is 25.1. The number of carboxylic acids is 1. The number of carbonyl (C=O) groups excluding carboxylic acids is 2. The maximum Gasteiger partial charge on any atom is 0.490 e. The highest BCUT2D eigenvalue weighted by molar-refractivity contribution is 5.94. The minimum Gasteiger partial charge on any atom is -0.475 e. The number of hydrogen-bond acceptors (Lipinski definition) is 4. The first kappa shape index (κ1) is 26.0. The van der Waals surface area contributed by atoms with Gasteiger partial charge in [-0.1, -0.05) is 31.0 Å². The molecule has 10 heteroatoms. The smallest absolute Gasteiger partial charge is 0.475 e. The normalized spacial score (nSPS) is 23.8. The number of halogens is 3. The van der Waals surface area contributed by atoms with Gasteiger partial charge in [-0.3, -0.25) is 9.59 Å². The van der Waals surface area contributed by atoms with Crippen LogP contribution in [0.15, 0.2) is 24.3 Å². The maximum atomic E-state index is 12.8. The van der Waals surface area contributed by atoms with Crippen LogP contribution in [-0.4, -0.2) is 77.1 Å². The summed E-state index contributed by atoms with van der Waals surface area (Å²) in [7, 11) is 0. The van der Waals surface area contributed by atoms with Crippen LogP contribution in [0.5, 0.6) is 0 Å². The number of amides is 2. The van der Waals surface area contributed by atoms with E-state index in [2.05, 4.69) is 17.1 Å². The van der Waals surface area contributed by atoms with Crippen molar-refractivity contribution in [3.63, 3.8) is 0 Å². The number of carboxylic acid groups (broad SMARTS) is 1. The molecule has 3 heterocycles. The summed E-state index contributed by atoms with van der Waals surface area (Å²) in [6, 6.07) is 7.81. The Kier molecular flexibility index (Phi) is 7.90. The summed E-state index contributed by atoms with van der Waals surface area (Å²) in [5.41, 5.74) is 1.82. The summed E-state index contributed by atoms with van der Waals surface area (Å²) in [5.74, 6) is -1.87. The molecule has 188 valence electrons. The molecule has 2 N–H and O–H groups in total. The lowest BCUT2D eigenvalue weighted by Gasteiger charge is -2.42. The first-order chi connectivity index (χ1) is 16.0. The van der Waals surface area contributed by atoms with Crippen molar-refractivity contribution in [1.29, 1.82) is 0 Å². The van der Waals surface area contributed by atoms with E-state index < -0.39 is 12.1 Å². The second kappa shape index (κ2) is 10.3. The molecule has 0 unspecified atom stereocenters. The molecule has 2 amide bonds. The van der Waals surface area contributed by atoms with Gasteiger partial charge in [0.1, 0.15) is 0 Å². The van der Waals surface area contributed by atoms with Gasteiger partial charge in [-0.05, 0) is 44.9 Å². The highest BCUT2D eigenvalue weighted by Crippen LogP contribution is 2.44. The van der Waals surface area contributed by atoms with Crippen LogP contribution in [0.3, 0.4) is 0 Å². The molecular weight excluding hydrogens is 451 g/mol. The first-order valence-electron chi connectivity index (χ1n) is 11.7. The fraction of sp³-hybridized carbons (Fsp3) is 0.625. The number of hydrogen-bond donors (Lipinski definition) is 2. The number of likely N-dealkylation sites (tertiary alicyclic amines) is 2. The van der Waals surface area contributed by atoms with Crippen molar-refractivity contribution in [3.05, 3.63) is 35.4 Å². The molecule has 3 aliphatic rings. The number of fused-ring (bicyclic) bond motifs is 2. The Morgan fingerprint density at radius 1 is 1.15 bits per heavy atom. The fourth-order valence-corrected chi connectivity index (χ4v) is 5.19. The van der Waals surface area contributed by atoms with Gasteiger partial charge in [-0.2, -0.15) is 13.2 Å². The number of aryl methyl sites for hydroxylation is 1. The van der Waals surface area contributed by atoms with E-state index in [0.29, 0.717) is 5.92 Å². The summed E-state index contributed by atoms with van der Waals surface area (Å²) in [5, 5.41) is 10.5. The van der Waals surface area contributed by atoms with Crippen molar-refractivity contribution in [1.82, 2.24) is 15.1 Å². The van der Waals surface area contributed by atoms with Crippen molar-refractivity contribution in [2.24, 2.45) is 11.8 Å². The van der Waals surface area contributed by atoms with Crippen molar-refractivity contribution < 1.29 is 32.7 Å². The van der Waals surface area contributed by atoms with Crippen LogP contribution in [0.2, 0.25) is 0 Å². The van der Waals surface area contributed by atoms with Gasteiger partial charge in [0, 0.05) is 43.2 Å². The van der Waals surface area contributed by atoms with E-state index in [4.69, 9.17) is 9.90 Å². The maximum absolute atomic E-state index is 12.8. The summed E-state index contributed by atoms with van der Waals surface area (Å²) in [6.07, 6.45) is -0.940. The standard InChI is InChI=1S/C22H31N3O2.C2HF3O2/c1-3-4-11-24-14-18-19(15-24)22(23-20(18)26)9-12-25(13-10-22)21(27)17-7-5-16(2)6-8-17;3-2(4,5)1(6)7/h5-8,18-19H,3-4,9-15H2,1-2H3,(H,23,26);(H,6,7)/t18-,19+;/m1./s1. The lowest BCUT2D eigenvalue weighted by atomic mass is 9.75. The largest absolute Gasteiger partial charge is 0.490 e. The van der Waals surface area contributed by atoms with Crippen LogP contribution in [0.4, 0.5) is 13.2 Å². The van der Waals surface area contributed by atoms with Crippen LogP contribution in [0, 0.1) is 18.8 Å². The highest BCUT2D eigenvalue weighted by atomic mass is 19.4. The molecule has 0 aliphatic carbocycles. The average Bonchev–Trinajstić information content (AvgIpc) is 3.32. The lowest BCUT2D eigenvalue weighted by Crippen LogP contribution is -2.56. The van der Waals surface area contributed by atoms with E-state index in [9.17, 15) is 22.8 Å². The predicted molar refractivity (Wildman–Crippen MR) is 119 cm³/mol. The molecule has 1 aromatic rings. The molecule has 34 heavy (non-hydrogen) atoms. The van der Waals surface area contributed by atoms with Gasteiger partial charge in [0.15, 0.2) is 0 Å². The summed E-state index contributed by atoms with van der Waals surface area (Å²) in [4.78, 5) is 38.7. The molecule has 0 saturated carbocycles. The zero-order valence-electron chi connectivity index (χ0n) is 19.5. The Morgan fingerprint density at radius 3 is 2.26 bits per heavy atom. The highest BCUT2D eigenvalue weighted by Gasteiger charge is 2.57. The number of nitrogens with zero attached hydrogens (tertiary/aromatic N) is 2. The monoisotopic (exact) mass is 483 g/mol. The van der Waals surface area contributed by atoms with E-state index >= 15 is 0 Å². The number of carbonyl (C=O) groups is 3. The molecule has 3 saturated heterocycles. The summed E-state index contributed by atoms with van der Waals surface area (Å²) < 4.78 is 31.7. The van der Waals surface area contributed by atoms with Crippen LogP contribution in [0.25, 0.3) is 0 Å². The van der Waals surface area contributed by atoms with Gasteiger partial charge in [0.25, 0.3) is 5.91 Å². The van der Waals surface area contributed by atoms with Gasteiger partial charge >= 0.3 is 12.1 Å². The summed E-state index contributed by atoms with van der Waals surface area (Å²) >= 11 is 0. The molecule has 1 aromatic carbocycles. The third-order valence-electron chi connectivity index (χ3n) is 7.13. The zero-order valence-corrected chi connectivity index (χ0v) is 19.5. The molecule has 0 bridgehead atoms. The van der Waals surface area contributed by atoms with Crippen molar-refractivity contribution in [2.45, 2.75) is 51.2 Å². The number of rotatable bonds is 4. The number of alkyl halides is 3. The van der Waals surface area contributed by atoms with Crippen molar-refractivity contribution in [2.75, 3.05) is 32.7 Å². The second-order valence-electron chi connectivity index (χ2n) is 9.43. The molecule has 3 fully saturated rings. The van der Waals surface area contributed by atoms with Gasteiger partial charge in [0.05, 0.1) is 5.92 Å². The molecule has 1 spiro atoms. The molecule has 4 rings (SSSR count). The van der Waals surface area contributed by atoms with Crippen LogP contribution in [0.1, 0.15) is 48.5 Å². The molecule has 0 radical (unpaired) electrons. The van der Waals surface area contributed by atoms with E-state index in [1.807, 2.05) is 36.1 Å².